The Bertz CT molecular complexity index is 827. The Kier molecular flexibility index (Phi) is 9.56. The number of hydrogen-bond donors (Lipinski definition) is 3. The zero-order chi connectivity index (χ0) is 22.0. The second-order valence-corrected chi connectivity index (χ2v) is 8.23. The van der Waals surface area contributed by atoms with Crippen LogP contribution in [0, 0.1) is 0 Å². The average molecular weight is 433 g/mol. The van der Waals surface area contributed by atoms with Crippen LogP contribution in [0.25, 0.3) is 0 Å². The topological polar surface area (TPSA) is 103 Å². The van der Waals surface area contributed by atoms with E-state index in [2.05, 4.69) is 29.4 Å². The predicted molar refractivity (Wildman–Crippen MR) is 123 cm³/mol. The third-order valence-electron chi connectivity index (χ3n) is 4.73. The van der Waals surface area contributed by atoms with E-state index >= 15 is 0 Å². The summed E-state index contributed by atoms with van der Waals surface area (Å²) < 4.78 is 5.50. The molecule has 0 aliphatic carbocycles. The number of nitrogens with zero attached hydrogens (tertiary/aromatic N) is 1. The zero-order valence-electron chi connectivity index (χ0n) is 17.9. The maximum atomic E-state index is 12.7. The Morgan fingerprint density at radius 1 is 1.20 bits per heavy atom. The van der Waals surface area contributed by atoms with Gasteiger partial charge in [-0.2, -0.15) is 0 Å². The van der Waals surface area contributed by atoms with Crippen molar-refractivity contribution in [3.8, 4) is 0 Å². The summed E-state index contributed by atoms with van der Waals surface area (Å²) in [7, 11) is 0. The van der Waals surface area contributed by atoms with Crippen molar-refractivity contribution in [1.82, 2.24) is 4.98 Å². The van der Waals surface area contributed by atoms with Crippen LogP contribution in [0.1, 0.15) is 49.8 Å². The van der Waals surface area contributed by atoms with E-state index in [1.165, 1.54) is 5.56 Å². The molecule has 0 fully saturated rings. The summed E-state index contributed by atoms with van der Waals surface area (Å²) in [6.07, 6.45) is 4.38. The molecular formula is C23H33ClN4O2. The van der Waals surface area contributed by atoms with Crippen LogP contribution in [0.4, 0.5) is 5.82 Å². The zero-order valence-corrected chi connectivity index (χ0v) is 18.7. The van der Waals surface area contributed by atoms with Gasteiger partial charge in [-0.3, -0.25) is 4.79 Å². The monoisotopic (exact) mass is 432 g/mol. The van der Waals surface area contributed by atoms with Crippen LogP contribution in [0.3, 0.4) is 0 Å². The molecule has 0 saturated carbocycles. The minimum Gasteiger partial charge on any atom is -0.459 e. The van der Waals surface area contributed by atoms with Crippen LogP contribution in [-0.4, -0.2) is 29.6 Å². The van der Waals surface area contributed by atoms with Gasteiger partial charge in [-0.05, 0) is 68.0 Å². The van der Waals surface area contributed by atoms with Crippen molar-refractivity contribution >= 4 is 23.4 Å². The number of carbonyl (C=O) groups is 1. The molecule has 0 amide bonds. The van der Waals surface area contributed by atoms with Crippen molar-refractivity contribution in [2.45, 2.75) is 58.1 Å². The molecule has 1 heterocycles. The standard InChI is InChI=1S/C23H33ClN4O2/c1-3-11-27-21-14-19(13-20(24)28-21)16-30-22(29)23(2,26)15-18-9-6-8-17(12-18)7-4-5-10-25/h6,8-9,12-14H,3-5,7,10-11,15-16,25-26H2,1-2H3,(H,27,28). The number of carbonyl (C=O) groups excluding carboxylic acids is 1. The van der Waals surface area contributed by atoms with Gasteiger partial charge in [0.2, 0.25) is 0 Å². The van der Waals surface area contributed by atoms with E-state index < -0.39 is 11.5 Å². The van der Waals surface area contributed by atoms with Crippen LogP contribution in [-0.2, 0) is 29.0 Å². The number of halogens is 1. The van der Waals surface area contributed by atoms with E-state index in [0.717, 1.165) is 43.4 Å². The number of rotatable bonds is 12. The third kappa shape index (κ3) is 7.94. The third-order valence-corrected chi connectivity index (χ3v) is 4.92. The highest BCUT2D eigenvalue weighted by atomic mass is 35.5. The highest BCUT2D eigenvalue weighted by Gasteiger charge is 2.30. The van der Waals surface area contributed by atoms with Gasteiger partial charge in [0.15, 0.2) is 0 Å². The van der Waals surface area contributed by atoms with Gasteiger partial charge < -0.3 is 21.5 Å². The molecule has 6 nitrogen and oxygen atoms in total. The van der Waals surface area contributed by atoms with E-state index in [9.17, 15) is 4.79 Å². The fraction of sp³-hybridized carbons (Fsp3) is 0.478. The van der Waals surface area contributed by atoms with Gasteiger partial charge in [-0.1, -0.05) is 42.8 Å². The van der Waals surface area contributed by atoms with E-state index in [1.807, 2.05) is 18.2 Å². The maximum Gasteiger partial charge on any atom is 0.326 e. The summed E-state index contributed by atoms with van der Waals surface area (Å²) in [6.45, 7) is 5.35. The molecule has 1 aromatic carbocycles. The lowest BCUT2D eigenvalue weighted by Crippen LogP contribution is -2.48. The predicted octanol–water partition coefficient (Wildman–Crippen LogP) is 3.84. The molecule has 0 spiro atoms. The van der Waals surface area contributed by atoms with Crippen molar-refractivity contribution in [3.05, 3.63) is 58.2 Å². The highest BCUT2D eigenvalue weighted by Crippen LogP contribution is 2.19. The van der Waals surface area contributed by atoms with Crippen LogP contribution in [0.5, 0.6) is 0 Å². The molecule has 0 radical (unpaired) electrons. The molecule has 7 heteroatoms. The van der Waals surface area contributed by atoms with E-state index in [1.54, 1.807) is 13.0 Å². The van der Waals surface area contributed by atoms with Crippen molar-refractivity contribution < 1.29 is 9.53 Å². The molecule has 0 saturated heterocycles. The summed E-state index contributed by atoms with van der Waals surface area (Å²) in [5, 5.41) is 3.53. The number of nitrogens with one attached hydrogen (secondary N) is 1. The first-order valence-corrected chi connectivity index (χ1v) is 10.9. The van der Waals surface area contributed by atoms with E-state index in [-0.39, 0.29) is 6.61 Å². The quantitative estimate of drug-likeness (QED) is 0.267. The fourth-order valence-electron chi connectivity index (χ4n) is 3.16. The van der Waals surface area contributed by atoms with Crippen LogP contribution in [0.15, 0.2) is 36.4 Å². The first-order valence-electron chi connectivity index (χ1n) is 10.5. The number of anilines is 1. The molecule has 0 bridgehead atoms. The summed E-state index contributed by atoms with van der Waals surface area (Å²) in [5.41, 5.74) is 13.8. The largest absolute Gasteiger partial charge is 0.459 e. The molecule has 2 rings (SSSR count). The van der Waals surface area contributed by atoms with Gasteiger partial charge in [-0.25, -0.2) is 4.98 Å². The molecule has 1 aromatic heterocycles. The molecule has 1 unspecified atom stereocenters. The van der Waals surface area contributed by atoms with Crippen LogP contribution in [0.2, 0.25) is 5.15 Å². The SMILES string of the molecule is CCCNc1cc(COC(=O)C(C)(N)Cc2cccc(CCCCN)c2)cc(Cl)n1. The molecule has 0 aliphatic heterocycles. The fourth-order valence-corrected chi connectivity index (χ4v) is 3.39. The van der Waals surface area contributed by atoms with Gasteiger partial charge in [-0.15, -0.1) is 0 Å². The van der Waals surface area contributed by atoms with Gasteiger partial charge in [0.05, 0.1) is 0 Å². The lowest BCUT2D eigenvalue weighted by Gasteiger charge is -2.23. The Labute approximate surface area is 184 Å². The lowest BCUT2D eigenvalue weighted by atomic mass is 9.92. The second kappa shape index (κ2) is 11.9. The van der Waals surface area contributed by atoms with Gasteiger partial charge in [0, 0.05) is 13.0 Å². The number of nitrogens with two attached hydrogens (primary N) is 2. The lowest BCUT2D eigenvalue weighted by molar-refractivity contribution is -0.150. The minimum absolute atomic E-state index is 0.0911. The number of ether oxygens (including phenoxy) is 1. The van der Waals surface area contributed by atoms with Crippen LogP contribution < -0.4 is 16.8 Å². The summed E-state index contributed by atoms with van der Waals surface area (Å²) in [4.78, 5) is 16.9. The molecule has 0 aliphatic rings. The number of aryl methyl sites for hydroxylation is 1. The van der Waals surface area contributed by atoms with Gasteiger partial charge >= 0.3 is 5.97 Å². The van der Waals surface area contributed by atoms with Crippen molar-refractivity contribution in [3.63, 3.8) is 0 Å². The smallest absolute Gasteiger partial charge is 0.326 e. The maximum absolute atomic E-state index is 12.7. The van der Waals surface area contributed by atoms with Crippen LogP contribution >= 0.6 is 11.6 Å². The average Bonchev–Trinajstić information content (AvgIpc) is 2.70. The van der Waals surface area contributed by atoms with Gasteiger partial charge in [0.1, 0.15) is 23.1 Å². The Hall–Kier alpha value is -2.15. The highest BCUT2D eigenvalue weighted by molar-refractivity contribution is 6.29. The molecule has 30 heavy (non-hydrogen) atoms. The molecule has 1 atom stereocenters. The molecule has 5 N–H and O–H groups in total. The Morgan fingerprint density at radius 3 is 2.70 bits per heavy atom. The normalized spacial score (nSPS) is 13.0. The number of unbranched alkanes of at least 4 members (excludes halogenated alkanes) is 1. The number of hydrogen-bond acceptors (Lipinski definition) is 6. The van der Waals surface area contributed by atoms with Crippen molar-refractivity contribution in [1.29, 1.82) is 0 Å². The second-order valence-electron chi connectivity index (χ2n) is 7.85. The number of esters is 1. The number of benzene rings is 1. The van der Waals surface area contributed by atoms with E-state index in [4.69, 9.17) is 27.8 Å². The van der Waals surface area contributed by atoms with Crippen molar-refractivity contribution in [2.24, 2.45) is 11.5 Å². The first kappa shape index (κ1) is 24.1. The Morgan fingerprint density at radius 2 is 1.97 bits per heavy atom. The van der Waals surface area contributed by atoms with Crippen molar-refractivity contribution in [2.75, 3.05) is 18.4 Å². The summed E-state index contributed by atoms with van der Waals surface area (Å²) in [6, 6.07) is 11.7. The molecule has 164 valence electrons. The summed E-state index contributed by atoms with van der Waals surface area (Å²) >= 11 is 6.08. The number of aromatic nitrogens is 1. The number of pyridine rings is 1. The Balaban J connectivity index is 1.96. The molecule has 2 aromatic rings. The molecular weight excluding hydrogens is 400 g/mol. The summed E-state index contributed by atoms with van der Waals surface area (Å²) in [5.74, 6) is 0.212. The minimum atomic E-state index is -1.13. The van der Waals surface area contributed by atoms with Gasteiger partial charge in [0.25, 0.3) is 0 Å². The first-order chi connectivity index (χ1) is 14.3. The van der Waals surface area contributed by atoms with E-state index in [0.29, 0.717) is 23.9 Å².